The zero-order valence-corrected chi connectivity index (χ0v) is 32.9. The summed E-state index contributed by atoms with van der Waals surface area (Å²) in [5, 5.41) is 28.9. The van der Waals surface area contributed by atoms with E-state index in [1.165, 1.54) is 154 Å². The third kappa shape index (κ3) is 38.6. The molecule has 2 atom stereocenters. The van der Waals surface area contributed by atoms with Gasteiger partial charge >= 0.3 is 0 Å². The number of aliphatic hydroxyl groups excluding tert-OH is 2. The first kappa shape index (κ1) is 47.8. The Kier molecular flexibility index (Phi) is 41.0. The highest BCUT2D eigenvalue weighted by molar-refractivity contribution is 4.70. The molecule has 0 spiro atoms. The van der Waals surface area contributed by atoms with Gasteiger partial charge in [0, 0.05) is 13.1 Å². The summed E-state index contributed by atoms with van der Waals surface area (Å²) in [6, 6.07) is 0. The van der Waals surface area contributed by atoms with Gasteiger partial charge in [0.05, 0.1) is 12.2 Å². The van der Waals surface area contributed by atoms with Crippen molar-refractivity contribution in [3.8, 4) is 0 Å². The largest absolute Gasteiger partial charge is 0.392 e. The SMILES string of the molecule is CCCCCCCCCCCCCCC(O)CN(CCCNCCCCNCCCN)CC(O)CCCCCCCCCCCCCC. The Morgan fingerprint density at radius 2 is 0.729 bits per heavy atom. The van der Waals surface area contributed by atoms with E-state index < -0.39 is 0 Å². The molecular formula is C42H90N4O2. The Morgan fingerprint density at radius 1 is 0.417 bits per heavy atom. The number of nitrogens with zero attached hydrogens (tertiary/aromatic N) is 1. The van der Waals surface area contributed by atoms with Crippen molar-refractivity contribution >= 4 is 0 Å². The van der Waals surface area contributed by atoms with Gasteiger partial charge in [0.15, 0.2) is 0 Å². The van der Waals surface area contributed by atoms with Gasteiger partial charge in [-0.2, -0.15) is 0 Å². The average Bonchev–Trinajstić information content (AvgIpc) is 3.08. The number of rotatable bonds is 42. The lowest BCUT2D eigenvalue weighted by Gasteiger charge is -2.27. The minimum absolute atomic E-state index is 0.285. The van der Waals surface area contributed by atoms with Gasteiger partial charge in [-0.3, -0.25) is 4.90 Å². The quantitative estimate of drug-likeness (QED) is 0.0412. The number of nitrogens with one attached hydrogen (secondary N) is 2. The normalized spacial score (nSPS) is 13.1. The minimum Gasteiger partial charge on any atom is -0.392 e. The number of aliphatic hydroxyl groups is 2. The van der Waals surface area contributed by atoms with E-state index in [9.17, 15) is 10.2 Å². The summed E-state index contributed by atoms with van der Waals surface area (Å²) >= 11 is 0. The van der Waals surface area contributed by atoms with Crippen LogP contribution in [0, 0.1) is 0 Å². The van der Waals surface area contributed by atoms with Crippen LogP contribution in [0.1, 0.15) is 206 Å². The van der Waals surface area contributed by atoms with Gasteiger partial charge < -0.3 is 26.6 Å². The lowest BCUT2D eigenvalue weighted by Crippen LogP contribution is -2.39. The molecule has 290 valence electrons. The molecule has 0 saturated heterocycles. The highest BCUT2D eigenvalue weighted by Gasteiger charge is 2.15. The first-order valence-electron chi connectivity index (χ1n) is 21.8. The number of hydrogen-bond donors (Lipinski definition) is 5. The lowest BCUT2D eigenvalue weighted by molar-refractivity contribution is 0.0600. The predicted molar refractivity (Wildman–Crippen MR) is 213 cm³/mol. The summed E-state index contributed by atoms with van der Waals surface area (Å²) < 4.78 is 0. The molecule has 6 heteroatoms. The van der Waals surface area contributed by atoms with Crippen LogP contribution >= 0.6 is 0 Å². The zero-order valence-electron chi connectivity index (χ0n) is 32.9. The van der Waals surface area contributed by atoms with Crippen LogP contribution in [-0.2, 0) is 0 Å². The molecule has 0 saturated carbocycles. The molecule has 0 amide bonds. The Labute approximate surface area is 301 Å². The fourth-order valence-electron chi connectivity index (χ4n) is 6.88. The number of nitrogens with two attached hydrogens (primary N) is 1. The first-order valence-corrected chi connectivity index (χ1v) is 21.8. The Hall–Kier alpha value is -0.240. The van der Waals surface area contributed by atoms with Crippen LogP contribution in [0.2, 0.25) is 0 Å². The molecule has 0 radical (unpaired) electrons. The van der Waals surface area contributed by atoms with E-state index in [4.69, 9.17) is 5.73 Å². The van der Waals surface area contributed by atoms with Crippen molar-refractivity contribution in [3.63, 3.8) is 0 Å². The monoisotopic (exact) mass is 683 g/mol. The van der Waals surface area contributed by atoms with Crippen molar-refractivity contribution in [1.29, 1.82) is 0 Å². The van der Waals surface area contributed by atoms with Gasteiger partial charge in [-0.05, 0) is 77.8 Å². The molecule has 48 heavy (non-hydrogen) atoms. The summed E-state index contributed by atoms with van der Waals surface area (Å²) in [5.74, 6) is 0. The Balaban J connectivity index is 4.18. The Bertz CT molecular complexity index is 546. The van der Waals surface area contributed by atoms with E-state index in [0.29, 0.717) is 13.1 Å². The second-order valence-electron chi connectivity index (χ2n) is 15.1. The van der Waals surface area contributed by atoms with Crippen molar-refractivity contribution < 1.29 is 10.2 Å². The standard InChI is InChI=1S/C42H90N4O2/c1-3-5-7-9-11-13-15-17-19-21-23-25-31-41(47)39-46(38-30-37-45-35-28-27-34-44-36-29-33-43)40-42(48)32-26-24-22-20-18-16-14-12-10-8-6-4-2/h41-42,44-45,47-48H,3-40,43H2,1-2H3. The van der Waals surface area contributed by atoms with Gasteiger partial charge in [-0.25, -0.2) is 0 Å². The van der Waals surface area contributed by atoms with Crippen LogP contribution in [0.5, 0.6) is 0 Å². The van der Waals surface area contributed by atoms with Crippen molar-refractivity contribution in [2.24, 2.45) is 5.73 Å². The van der Waals surface area contributed by atoms with Crippen LogP contribution in [0.25, 0.3) is 0 Å². The number of unbranched alkanes of at least 4 members (excludes halogenated alkanes) is 23. The summed E-state index contributed by atoms with van der Waals surface area (Å²) in [4.78, 5) is 2.35. The van der Waals surface area contributed by atoms with Crippen molar-refractivity contribution in [2.45, 2.75) is 219 Å². The molecule has 0 aliphatic rings. The highest BCUT2D eigenvalue weighted by Crippen LogP contribution is 2.15. The van der Waals surface area contributed by atoms with Gasteiger partial charge in [-0.1, -0.05) is 168 Å². The van der Waals surface area contributed by atoms with Crippen molar-refractivity contribution in [2.75, 3.05) is 52.4 Å². The molecule has 0 aliphatic heterocycles. The van der Waals surface area contributed by atoms with Crippen LogP contribution < -0.4 is 16.4 Å². The molecule has 0 aromatic rings. The topological polar surface area (TPSA) is 93.8 Å². The third-order valence-corrected chi connectivity index (χ3v) is 10.1. The van der Waals surface area contributed by atoms with Crippen molar-refractivity contribution in [1.82, 2.24) is 15.5 Å². The lowest BCUT2D eigenvalue weighted by atomic mass is 10.0. The Morgan fingerprint density at radius 3 is 1.08 bits per heavy atom. The maximum Gasteiger partial charge on any atom is 0.0667 e. The van der Waals surface area contributed by atoms with E-state index in [2.05, 4.69) is 29.4 Å². The van der Waals surface area contributed by atoms with E-state index in [-0.39, 0.29) is 12.2 Å². The van der Waals surface area contributed by atoms with E-state index in [0.717, 1.165) is 77.8 Å². The summed E-state index contributed by atoms with van der Waals surface area (Å²) in [6.45, 7) is 11.8. The number of hydrogen-bond acceptors (Lipinski definition) is 6. The summed E-state index contributed by atoms with van der Waals surface area (Å²) in [6.07, 6.45) is 38.1. The fourth-order valence-corrected chi connectivity index (χ4v) is 6.88. The van der Waals surface area contributed by atoms with Gasteiger partial charge in [-0.15, -0.1) is 0 Å². The third-order valence-electron chi connectivity index (χ3n) is 10.1. The maximum atomic E-state index is 10.9. The molecule has 0 rings (SSSR count). The summed E-state index contributed by atoms with van der Waals surface area (Å²) in [5.41, 5.74) is 5.55. The highest BCUT2D eigenvalue weighted by atomic mass is 16.3. The van der Waals surface area contributed by atoms with Crippen LogP contribution in [0.4, 0.5) is 0 Å². The molecule has 0 aromatic heterocycles. The van der Waals surface area contributed by atoms with Crippen molar-refractivity contribution in [3.05, 3.63) is 0 Å². The second-order valence-corrected chi connectivity index (χ2v) is 15.1. The molecule has 0 bridgehead atoms. The fraction of sp³-hybridized carbons (Fsp3) is 1.00. The van der Waals surface area contributed by atoms with Gasteiger partial charge in [0.2, 0.25) is 0 Å². The van der Waals surface area contributed by atoms with E-state index in [1.807, 2.05) is 0 Å². The predicted octanol–water partition coefficient (Wildman–Crippen LogP) is 9.89. The van der Waals surface area contributed by atoms with Gasteiger partial charge in [0.25, 0.3) is 0 Å². The molecule has 0 aliphatic carbocycles. The van der Waals surface area contributed by atoms with Crippen LogP contribution in [0.15, 0.2) is 0 Å². The minimum atomic E-state index is -0.285. The second kappa shape index (κ2) is 41.2. The molecule has 0 heterocycles. The zero-order chi connectivity index (χ0) is 35.0. The van der Waals surface area contributed by atoms with Crippen LogP contribution in [0.3, 0.4) is 0 Å². The molecule has 6 nitrogen and oxygen atoms in total. The maximum absolute atomic E-state index is 10.9. The van der Waals surface area contributed by atoms with E-state index >= 15 is 0 Å². The van der Waals surface area contributed by atoms with Crippen LogP contribution in [-0.4, -0.2) is 79.7 Å². The molecule has 6 N–H and O–H groups in total. The summed E-state index contributed by atoms with van der Waals surface area (Å²) in [7, 11) is 0. The van der Waals surface area contributed by atoms with Gasteiger partial charge in [0.1, 0.15) is 0 Å². The van der Waals surface area contributed by atoms with E-state index in [1.54, 1.807) is 0 Å². The smallest absolute Gasteiger partial charge is 0.0667 e. The molecular weight excluding hydrogens is 592 g/mol. The molecule has 0 fully saturated rings. The molecule has 2 unspecified atom stereocenters. The average molecular weight is 683 g/mol. The molecule has 0 aromatic carbocycles. The first-order chi connectivity index (χ1) is 23.6.